The van der Waals surface area contributed by atoms with E-state index in [4.69, 9.17) is 0 Å². The lowest BCUT2D eigenvalue weighted by atomic mass is 10.2. The average molecular weight is 174 g/mol. The van der Waals surface area contributed by atoms with Gasteiger partial charge in [-0.15, -0.1) is 0 Å². The zero-order chi connectivity index (χ0) is 9.10. The molecule has 0 bridgehead atoms. The number of halogens is 1. The summed E-state index contributed by atoms with van der Waals surface area (Å²) in [6.07, 6.45) is 4.37. The summed E-state index contributed by atoms with van der Waals surface area (Å²) >= 11 is 0. The monoisotopic (exact) mass is 174 g/mol. The lowest BCUT2D eigenvalue weighted by Crippen LogP contribution is -1.87. The quantitative estimate of drug-likeness (QED) is 0.662. The van der Waals surface area contributed by atoms with E-state index in [1.54, 1.807) is 30.6 Å². The fourth-order valence-electron chi connectivity index (χ4n) is 1.11. The van der Waals surface area contributed by atoms with Crippen molar-refractivity contribution in [2.24, 2.45) is 0 Å². The Bertz CT molecular complexity index is 401. The minimum atomic E-state index is -0.346. The standard InChI is InChI=1S/C10H7FN2/c11-9-7-12-6-4-8(9)10-3-1-2-5-13-10/h1-7H. The van der Waals surface area contributed by atoms with Crippen molar-refractivity contribution in [3.05, 3.63) is 48.7 Å². The molecule has 13 heavy (non-hydrogen) atoms. The van der Waals surface area contributed by atoms with Crippen LogP contribution in [0.15, 0.2) is 42.9 Å². The van der Waals surface area contributed by atoms with Crippen molar-refractivity contribution in [3.63, 3.8) is 0 Å². The fraction of sp³-hybridized carbons (Fsp3) is 0. The minimum Gasteiger partial charge on any atom is -0.262 e. The lowest BCUT2D eigenvalue weighted by Gasteiger charge is -1.99. The predicted octanol–water partition coefficient (Wildman–Crippen LogP) is 2.28. The van der Waals surface area contributed by atoms with E-state index in [1.807, 2.05) is 6.07 Å². The van der Waals surface area contributed by atoms with Crippen LogP contribution in [0.25, 0.3) is 11.3 Å². The van der Waals surface area contributed by atoms with Gasteiger partial charge in [-0.2, -0.15) is 0 Å². The molecule has 2 aromatic rings. The molecule has 0 aliphatic heterocycles. The summed E-state index contributed by atoms with van der Waals surface area (Å²) < 4.78 is 13.2. The third-order valence-corrected chi connectivity index (χ3v) is 1.71. The molecule has 0 aromatic carbocycles. The molecule has 0 fully saturated rings. The Morgan fingerprint density at radius 3 is 2.69 bits per heavy atom. The van der Waals surface area contributed by atoms with E-state index < -0.39 is 0 Å². The summed E-state index contributed by atoms with van der Waals surface area (Å²) in [5.41, 5.74) is 1.11. The van der Waals surface area contributed by atoms with Crippen LogP contribution in [-0.2, 0) is 0 Å². The highest BCUT2D eigenvalue weighted by molar-refractivity contribution is 5.58. The summed E-state index contributed by atoms with van der Waals surface area (Å²) in [6.45, 7) is 0. The van der Waals surface area contributed by atoms with Crippen LogP contribution in [0, 0.1) is 5.82 Å². The Hall–Kier alpha value is -1.77. The maximum atomic E-state index is 13.2. The molecule has 2 aromatic heterocycles. The molecule has 64 valence electrons. The van der Waals surface area contributed by atoms with Gasteiger partial charge in [0.1, 0.15) is 0 Å². The highest BCUT2D eigenvalue weighted by atomic mass is 19.1. The maximum Gasteiger partial charge on any atom is 0.150 e. The summed E-state index contributed by atoms with van der Waals surface area (Å²) in [4.78, 5) is 7.71. The van der Waals surface area contributed by atoms with Crippen molar-refractivity contribution in [1.82, 2.24) is 9.97 Å². The van der Waals surface area contributed by atoms with Gasteiger partial charge in [0.15, 0.2) is 5.82 Å². The molecule has 2 rings (SSSR count). The first kappa shape index (κ1) is 7.86. The number of aromatic nitrogens is 2. The number of pyridine rings is 2. The first-order chi connectivity index (χ1) is 6.38. The highest BCUT2D eigenvalue weighted by Crippen LogP contribution is 2.18. The topological polar surface area (TPSA) is 25.8 Å². The summed E-state index contributed by atoms with van der Waals surface area (Å²) in [6, 6.07) is 6.99. The van der Waals surface area contributed by atoms with E-state index in [0.29, 0.717) is 11.3 Å². The molecule has 0 atom stereocenters. The van der Waals surface area contributed by atoms with Gasteiger partial charge < -0.3 is 0 Å². The fourth-order valence-corrected chi connectivity index (χ4v) is 1.11. The van der Waals surface area contributed by atoms with Crippen LogP contribution in [0.2, 0.25) is 0 Å². The third kappa shape index (κ3) is 1.54. The maximum absolute atomic E-state index is 13.2. The second-order valence-corrected chi connectivity index (χ2v) is 2.57. The zero-order valence-corrected chi connectivity index (χ0v) is 6.81. The largest absolute Gasteiger partial charge is 0.262 e. The van der Waals surface area contributed by atoms with E-state index in [2.05, 4.69) is 9.97 Å². The summed E-state index contributed by atoms with van der Waals surface area (Å²) in [5, 5.41) is 0. The van der Waals surface area contributed by atoms with Crippen molar-refractivity contribution in [2.75, 3.05) is 0 Å². The molecule has 0 spiro atoms. The van der Waals surface area contributed by atoms with Gasteiger partial charge in [-0.05, 0) is 18.2 Å². The smallest absolute Gasteiger partial charge is 0.150 e. The zero-order valence-electron chi connectivity index (χ0n) is 6.81. The molecular weight excluding hydrogens is 167 g/mol. The average Bonchev–Trinajstić information content (AvgIpc) is 2.20. The van der Waals surface area contributed by atoms with Crippen molar-refractivity contribution in [3.8, 4) is 11.3 Å². The van der Waals surface area contributed by atoms with Crippen molar-refractivity contribution in [1.29, 1.82) is 0 Å². The molecular formula is C10H7FN2. The Morgan fingerprint density at radius 1 is 1.08 bits per heavy atom. The Morgan fingerprint density at radius 2 is 2.00 bits per heavy atom. The van der Waals surface area contributed by atoms with Crippen molar-refractivity contribution < 1.29 is 4.39 Å². The molecule has 2 heterocycles. The highest BCUT2D eigenvalue weighted by Gasteiger charge is 2.03. The second kappa shape index (κ2) is 3.31. The molecule has 2 nitrogen and oxygen atoms in total. The van der Waals surface area contributed by atoms with E-state index in [0.717, 1.165) is 0 Å². The number of hydrogen-bond donors (Lipinski definition) is 0. The van der Waals surface area contributed by atoms with Gasteiger partial charge >= 0.3 is 0 Å². The number of hydrogen-bond acceptors (Lipinski definition) is 2. The minimum absolute atomic E-state index is 0.346. The van der Waals surface area contributed by atoms with Crippen LogP contribution >= 0.6 is 0 Å². The summed E-state index contributed by atoms with van der Waals surface area (Å²) in [7, 11) is 0. The van der Waals surface area contributed by atoms with Crippen LogP contribution in [0.4, 0.5) is 4.39 Å². The normalized spacial score (nSPS) is 9.92. The van der Waals surface area contributed by atoms with Gasteiger partial charge in [-0.25, -0.2) is 4.39 Å². The van der Waals surface area contributed by atoms with Crippen LogP contribution in [0.5, 0.6) is 0 Å². The Balaban J connectivity index is 2.54. The summed E-state index contributed by atoms with van der Waals surface area (Å²) in [5.74, 6) is -0.346. The third-order valence-electron chi connectivity index (χ3n) is 1.71. The molecule has 0 aliphatic rings. The molecule has 0 saturated heterocycles. The second-order valence-electron chi connectivity index (χ2n) is 2.57. The van der Waals surface area contributed by atoms with E-state index >= 15 is 0 Å². The Labute approximate surface area is 75.1 Å². The van der Waals surface area contributed by atoms with Gasteiger partial charge in [0.05, 0.1) is 11.9 Å². The van der Waals surface area contributed by atoms with Gasteiger partial charge in [-0.3, -0.25) is 9.97 Å². The van der Waals surface area contributed by atoms with E-state index in [-0.39, 0.29) is 5.82 Å². The van der Waals surface area contributed by atoms with Crippen LogP contribution in [0.3, 0.4) is 0 Å². The van der Waals surface area contributed by atoms with Gasteiger partial charge in [0.25, 0.3) is 0 Å². The molecule has 0 radical (unpaired) electrons. The van der Waals surface area contributed by atoms with Crippen LogP contribution in [-0.4, -0.2) is 9.97 Å². The lowest BCUT2D eigenvalue weighted by molar-refractivity contribution is 0.624. The van der Waals surface area contributed by atoms with E-state index in [1.165, 1.54) is 6.20 Å². The molecule has 0 saturated carbocycles. The van der Waals surface area contributed by atoms with Gasteiger partial charge in [-0.1, -0.05) is 6.07 Å². The molecule has 0 amide bonds. The molecule has 0 N–H and O–H groups in total. The molecule has 0 aliphatic carbocycles. The van der Waals surface area contributed by atoms with Gasteiger partial charge in [0, 0.05) is 18.0 Å². The molecule has 3 heteroatoms. The Kier molecular flexibility index (Phi) is 2.00. The van der Waals surface area contributed by atoms with Gasteiger partial charge in [0.2, 0.25) is 0 Å². The van der Waals surface area contributed by atoms with Crippen LogP contribution in [0.1, 0.15) is 0 Å². The van der Waals surface area contributed by atoms with Crippen molar-refractivity contribution >= 4 is 0 Å². The first-order valence-electron chi connectivity index (χ1n) is 3.89. The predicted molar refractivity (Wildman–Crippen MR) is 47.4 cm³/mol. The number of rotatable bonds is 1. The van der Waals surface area contributed by atoms with Crippen molar-refractivity contribution in [2.45, 2.75) is 0 Å². The first-order valence-corrected chi connectivity index (χ1v) is 3.89. The number of nitrogens with zero attached hydrogens (tertiary/aromatic N) is 2. The van der Waals surface area contributed by atoms with E-state index in [9.17, 15) is 4.39 Å². The SMILES string of the molecule is Fc1cnccc1-c1ccccn1. The molecule has 0 unspecified atom stereocenters. The van der Waals surface area contributed by atoms with Crippen LogP contribution < -0.4 is 0 Å².